The number of hydrogen-bond acceptors (Lipinski definition) is 2. The third-order valence-corrected chi connectivity index (χ3v) is 5.15. The van der Waals surface area contributed by atoms with E-state index in [1.54, 1.807) is 0 Å². The molecular weight excluding hydrogens is 268 g/mol. The first kappa shape index (κ1) is 15.7. The summed E-state index contributed by atoms with van der Waals surface area (Å²) in [6.07, 6.45) is 5.33. The first-order valence-electron chi connectivity index (χ1n) is 7.74. The van der Waals surface area contributed by atoms with E-state index >= 15 is 0 Å². The number of nitrogens with zero attached hydrogens (tertiary/aromatic N) is 1. The van der Waals surface area contributed by atoms with Gasteiger partial charge in [0.1, 0.15) is 0 Å². The molecule has 1 aliphatic carbocycles. The second-order valence-electron chi connectivity index (χ2n) is 6.16. The molecule has 1 aliphatic rings. The van der Waals surface area contributed by atoms with Crippen molar-refractivity contribution < 1.29 is 0 Å². The van der Waals surface area contributed by atoms with Crippen LogP contribution in [0.15, 0.2) is 18.2 Å². The molecule has 0 aromatic heterocycles. The lowest BCUT2D eigenvalue weighted by atomic mass is 9.85. The maximum absolute atomic E-state index is 6.52. The van der Waals surface area contributed by atoms with Crippen LogP contribution in [0.25, 0.3) is 0 Å². The van der Waals surface area contributed by atoms with Crippen LogP contribution in [-0.2, 0) is 0 Å². The van der Waals surface area contributed by atoms with Crippen molar-refractivity contribution in [2.75, 3.05) is 19.0 Å². The zero-order valence-corrected chi connectivity index (χ0v) is 13.9. The highest BCUT2D eigenvalue weighted by Gasteiger charge is 2.26. The van der Waals surface area contributed by atoms with Crippen molar-refractivity contribution in [2.24, 2.45) is 5.92 Å². The van der Waals surface area contributed by atoms with Gasteiger partial charge in [-0.2, -0.15) is 0 Å². The van der Waals surface area contributed by atoms with E-state index in [0.29, 0.717) is 12.1 Å². The molecule has 0 saturated heterocycles. The Balaban J connectivity index is 2.19. The summed E-state index contributed by atoms with van der Waals surface area (Å²) in [5.41, 5.74) is 2.41. The predicted molar refractivity (Wildman–Crippen MR) is 88.7 cm³/mol. The number of halogens is 1. The van der Waals surface area contributed by atoms with Crippen LogP contribution in [0.4, 0.5) is 5.69 Å². The Morgan fingerprint density at radius 3 is 2.60 bits per heavy atom. The van der Waals surface area contributed by atoms with Crippen LogP contribution < -0.4 is 10.2 Å². The Labute approximate surface area is 128 Å². The summed E-state index contributed by atoms with van der Waals surface area (Å²) < 4.78 is 0. The summed E-state index contributed by atoms with van der Waals surface area (Å²) in [6, 6.07) is 7.41. The molecule has 1 aromatic rings. The predicted octanol–water partition coefficient (Wildman–Crippen LogP) is 4.64. The first-order valence-corrected chi connectivity index (χ1v) is 8.12. The lowest BCUT2D eigenvalue weighted by Gasteiger charge is -2.38. The van der Waals surface area contributed by atoms with Crippen molar-refractivity contribution >= 4 is 17.3 Å². The Bertz CT molecular complexity index is 447. The standard InChI is InChI=1S/C17H27ClN2/c1-12-7-5-6-8-16(12)20(4)17-10-9-14(11-15(17)18)13(2)19-3/h9-13,16,19H,5-8H2,1-4H3. The van der Waals surface area contributed by atoms with Crippen LogP contribution in [0.3, 0.4) is 0 Å². The van der Waals surface area contributed by atoms with Gasteiger partial charge in [-0.3, -0.25) is 0 Å². The molecule has 1 fully saturated rings. The van der Waals surface area contributed by atoms with Crippen LogP contribution >= 0.6 is 11.6 Å². The molecule has 1 N–H and O–H groups in total. The van der Waals surface area contributed by atoms with Crippen LogP contribution in [0, 0.1) is 5.92 Å². The van der Waals surface area contributed by atoms with Crippen molar-refractivity contribution in [1.82, 2.24) is 5.32 Å². The van der Waals surface area contributed by atoms with Gasteiger partial charge in [-0.15, -0.1) is 0 Å². The Kier molecular flexibility index (Phi) is 5.34. The Morgan fingerprint density at radius 1 is 1.30 bits per heavy atom. The number of anilines is 1. The lowest BCUT2D eigenvalue weighted by molar-refractivity contribution is 0.321. The quantitative estimate of drug-likeness (QED) is 0.870. The van der Waals surface area contributed by atoms with Gasteiger partial charge in [0.15, 0.2) is 0 Å². The van der Waals surface area contributed by atoms with Crippen molar-refractivity contribution in [3.63, 3.8) is 0 Å². The van der Waals surface area contributed by atoms with Gasteiger partial charge in [-0.1, -0.05) is 37.4 Å². The fourth-order valence-electron chi connectivity index (χ4n) is 3.30. The first-order chi connectivity index (χ1) is 9.54. The van der Waals surface area contributed by atoms with Gasteiger partial charge in [0.05, 0.1) is 10.7 Å². The van der Waals surface area contributed by atoms with Crippen molar-refractivity contribution in [1.29, 1.82) is 0 Å². The number of nitrogens with one attached hydrogen (secondary N) is 1. The molecule has 3 heteroatoms. The molecule has 0 radical (unpaired) electrons. The van der Waals surface area contributed by atoms with Gasteiger partial charge < -0.3 is 10.2 Å². The molecule has 3 unspecified atom stereocenters. The van der Waals surface area contributed by atoms with E-state index in [0.717, 1.165) is 16.6 Å². The van der Waals surface area contributed by atoms with E-state index in [4.69, 9.17) is 11.6 Å². The van der Waals surface area contributed by atoms with E-state index in [9.17, 15) is 0 Å². The van der Waals surface area contributed by atoms with Gasteiger partial charge in [0.2, 0.25) is 0 Å². The maximum Gasteiger partial charge on any atom is 0.0642 e. The van der Waals surface area contributed by atoms with E-state index in [1.165, 1.54) is 31.2 Å². The molecule has 1 aromatic carbocycles. The van der Waals surface area contributed by atoms with Crippen molar-refractivity contribution in [3.8, 4) is 0 Å². The van der Waals surface area contributed by atoms with Gasteiger partial charge in [0.25, 0.3) is 0 Å². The minimum atomic E-state index is 0.334. The molecule has 112 valence electrons. The summed E-state index contributed by atoms with van der Waals surface area (Å²) in [7, 11) is 4.16. The molecule has 3 atom stereocenters. The largest absolute Gasteiger partial charge is 0.370 e. The van der Waals surface area contributed by atoms with E-state index < -0.39 is 0 Å². The summed E-state index contributed by atoms with van der Waals surface area (Å²) in [4.78, 5) is 2.39. The fraction of sp³-hybridized carbons (Fsp3) is 0.647. The molecule has 0 heterocycles. The van der Waals surface area contributed by atoms with Gasteiger partial charge in [0, 0.05) is 19.1 Å². The fourth-order valence-corrected chi connectivity index (χ4v) is 3.62. The summed E-state index contributed by atoms with van der Waals surface area (Å²) in [6.45, 7) is 4.52. The van der Waals surface area contributed by atoms with Crippen LogP contribution in [-0.4, -0.2) is 20.1 Å². The zero-order chi connectivity index (χ0) is 14.7. The average molecular weight is 295 g/mol. The average Bonchev–Trinajstić information content (AvgIpc) is 2.46. The normalized spacial score (nSPS) is 24.4. The van der Waals surface area contributed by atoms with Gasteiger partial charge in [-0.05, 0) is 50.4 Å². The molecule has 2 nitrogen and oxygen atoms in total. The topological polar surface area (TPSA) is 15.3 Å². The zero-order valence-electron chi connectivity index (χ0n) is 13.1. The van der Waals surface area contributed by atoms with E-state index in [1.807, 2.05) is 7.05 Å². The highest BCUT2D eigenvalue weighted by atomic mass is 35.5. The highest BCUT2D eigenvalue weighted by molar-refractivity contribution is 6.33. The summed E-state index contributed by atoms with van der Waals surface area (Å²) >= 11 is 6.52. The molecule has 20 heavy (non-hydrogen) atoms. The molecule has 1 saturated carbocycles. The summed E-state index contributed by atoms with van der Waals surface area (Å²) in [5.74, 6) is 0.751. The van der Waals surface area contributed by atoms with Crippen LogP contribution in [0.5, 0.6) is 0 Å². The SMILES string of the molecule is CNC(C)c1ccc(N(C)C2CCCCC2C)c(Cl)c1. The second-order valence-corrected chi connectivity index (χ2v) is 6.57. The van der Waals surface area contributed by atoms with Crippen LogP contribution in [0.2, 0.25) is 5.02 Å². The van der Waals surface area contributed by atoms with E-state index in [2.05, 4.69) is 49.3 Å². The minimum Gasteiger partial charge on any atom is -0.370 e. The number of rotatable bonds is 4. The smallest absolute Gasteiger partial charge is 0.0642 e. The third kappa shape index (κ3) is 3.29. The monoisotopic (exact) mass is 294 g/mol. The Hall–Kier alpha value is -0.730. The molecular formula is C17H27ClN2. The lowest BCUT2D eigenvalue weighted by Crippen LogP contribution is -2.39. The second kappa shape index (κ2) is 6.82. The van der Waals surface area contributed by atoms with Gasteiger partial charge in [-0.25, -0.2) is 0 Å². The maximum atomic E-state index is 6.52. The van der Waals surface area contributed by atoms with Crippen molar-refractivity contribution in [3.05, 3.63) is 28.8 Å². The third-order valence-electron chi connectivity index (χ3n) is 4.85. The van der Waals surface area contributed by atoms with E-state index in [-0.39, 0.29) is 0 Å². The molecule has 0 aliphatic heterocycles. The molecule has 0 spiro atoms. The highest BCUT2D eigenvalue weighted by Crippen LogP contribution is 2.34. The number of benzene rings is 1. The molecule has 0 bridgehead atoms. The molecule has 0 amide bonds. The summed E-state index contributed by atoms with van der Waals surface area (Å²) in [5, 5.41) is 4.12. The van der Waals surface area contributed by atoms with Crippen molar-refractivity contribution in [2.45, 2.75) is 51.6 Å². The minimum absolute atomic E-state index is 0.334. The number of hydrogen-bond donors (Lipinski definition) is 1. The van der Waals surface area contributed by atoms with Gasteiger partial charge >= 0.3 is 0 Å². The Morgan fingerprint density at radius 2 is 2.00 bits per heavy atom. The molecule has 2 rings (SSSR count). The van der Waals surface area contributed by atoms with Crippen LogP contribution in [0.1, 0.15) is 51.1 Å².